The van der Waals surface area contributed by atoms with E-state index in [1.165, 1.54) is 0 Å². The van der Waals surface area contributed by atoms with E-state index in [4.69, 9.17) is 10.2 Å². The van der Waals surface area contributed by atoms with Gasteiger partial charge in [-0.1, -0.05) is 12.1 Å². The van der Waals surface area contributed by atoms with Crippen molar-refractivity contribution in [3.05, 3.63) is 71.7 Å². The molecule has 2 aromatic heterocycles. The molecule has 0 radical (unpaired) electrons. The summed E-state index contributed by atoms with van der Waals surface area (Å²) in [6, 6.07) is 8.85. The van der Waals surface area contributed by atoms with Crippen LogP contribution in [0, 0.1) is 0 Å². The summed E-state index contributed by atoms with van der Waals surface area (Å²) in [6.07, 6.45) is 5.64. The second-order valence-corrected chi connectivity index (χ2v) is 5.39. The van der Waals surface area contributed by atoms with Crippen molar-refractivity contribution in [3.63, 3.8) is 0 Å². The Hall–Kier alpha value is -3.02. The van der Waals surface area contributed by atoms with Gasteiger partial charge in [-0.15, -0.1) is 0 Å². The molecule has 6 nitrogen and oxygen atoms in total. The van der Waals surface area contributed by atoms with Crippen molar-refractivity contribution in [2.75, 3.05) is 0 Å². The van der Waals surface area contributed by atoms with Crippen molar-refractivity contribution in [3.8, 4) is 5.75 Å². The Labute approximate surface area is 133 Å². The van der Waals surface area contributed by atoms with Gasteiger partial charge in [0.25, 0.3) is 0 Å². The van der Waals surface area contributed by atoms with Crippen LogP contribution in [0.1, 0.15) is 22.5 Å². The average molecular weight is 311 g/mol. The fraction of sp³-hybridized carbons (Fsp3) is 0.176. The van der Waals surface area contributed by atoms with Crippen molar-refractivity contribution >= 4 is 5.91 Å². The van der Waals surface area contributed by atoms with Gasteiger partial charge in [0.15, 0.2) is 0 Å². The number of hydrogen-bond donors (Lipinski definition) is 2. The second kappa shape index (κ2) is 6.39. The van der Waals surface area contributed by atoms with E-state index in [2.05, 4.69) is 4.98 Å². The number of nitrogens with zero attached hydrogens (tertiary/aromatic N) is 2. The number of phenolic OH excluding ortho intramolecular Hbond substituents is 1. The van der Waals surface area contributed by atoms with Gasteiger partial charge in [0.1, 0.15) is 5.75 Å². The molecular weight excluding hydrogens is 294 g/mol. The number of aromatic hydroxyl groups is 1. The molecule has 0 saturated heterocycles. The molecule has 0 aliphatic rings. The van der Waals surface area contributed by atoms with Gasteiger partial charge in [-0.05, 0) is 29.3 Å². The third-order valence-electron chi connectivity index (χ3n) is 3.59. The molecule has 0 aliphatic heterocycles. The molecule has 0 aliphatic carbocycles. The van der Waals surface area contributed by atoms with E-state index < -0.39 is 5.91 Å². The molecule has 0 spiro atoms. The lowest BCUT2D eigenvalue weighted by atomic mass is 10.1. The summed E-state index contributed by atoms with van der Waals surface area (Å²) in [7, 11) is 0. The molecule has 3 rings (SSSR count). The first-order valence-corrected chi connectivity index (χ1v) is 7.22. The summed E-state index contributed by atoms with van der Waals surface area (Å²) in [5.74, 6) is -0.200. The number of carbonyl (C=O) groups excluding carboxylic acids is 1. The Bertz CT molecular complexity index is 806. The Morgan fingerprint density at radius 2 is 2.17 bits per heavy atom. The van der Waals surface area contributed by atoms with Crippen LogP contribution in [0.5, 0.6) is 5.75 Å². The van der Waals surface area contributed by atoms with E-state index in [-0.39, 0.29) is 12.2 Å². The lowest BCUT2D eigenvalue weighted by molar-refractivity contribution is -0.117. The van der Waals surface area contributed by atoms with Crippen molar-refractivity contribution in [1.82, 2.24) is 9.55 Å². The number of benzene rings is 1. The minimum absolute atomic E-state index is 0.117. The zero-order valence-corrected chi connectivity index (χ0v) is 12.5. The lowest BCUT2D eigenvalue weighted by Crippen LogP contribution is -2.18. The predicted molar refractivity (Wildman–Crippen MR) is 83.8 cm³/mol. The van der Waals surface area contributed by atoms with Crippen molar-refractivity contribution < 1.29 is 14.3 Å². The van der Waals surface area contributed by atoms with E-state index in [1.807, 2.05) is 16.7 Å². The predicted octanol–water partition coefficient (Wildman–Crippen LogP) is 1.85. The van der Waals surface area contributed by atoms with Crippen LogP contribution in [-0.2, 0) is 24.2 Å². The van der Waals surface area contributed by atoms with Crippen molar-refractivity contribution in [2.45, 2.75) is 19.4 Å². The van der Waals surface area contributed by atoms with Crippen LogP contribution in [0.2, 0.25) is 0 Å². The molecule has 1 aromatic carbocycles. The number of hydrogen-bond acceptors (Lipinski definition) is 4. The molecule has 1 amide bonds. The number of aromatic nitrogens is 2. The SMILES string of the molecule is NC(=O)Cc1c(Cc2ccoc2)ncn1Cc1cccc(O)c1. The van der Waals surface area contributed by atoms with Crippen molar-refractivity contribution in [2.24, 2.45) is 5.73 Å². The number of primary amides is 1. The maximum absolute atomic E-state index is 11.4. The summed E-state index contributed by atoms with van der Waals surface area (Å²) < 4.78 is 6.95. The number of furan rings is 1. The van der Waals surface area contributed by atoms with Gasteiger partial charge in [0, 0.05) is 13.0 Å². The van der Waals surface area contributed by atoms with Gasteiger partial charge in [-0.25, -0.2) is 4.98 Å². The summed E-state index contributed by atoms with van der Waals surface area (Å²) in [4.78, 5) is 15.8. The standard InChI is InChI=1S/C17H17N3O3/c18-17(22)8-16-15(7-13-4-5-23-10-13)19-11-20(16)9-12-2-1-3-14(21)6-12/h1-6,10-11,21H,7-9H2,(H2,18,22). The first kappa shape index (κ1) is 14.9. The third kappa shape index (κ3) is 3.60. The normalized spacial score (nSPS) is 10.8. The fourth-order valence-electron chi connectivity index (χ4n) is 2.54. The van der Waals surface area contributed by atoms with Crippen LogP contribution in [0.15, 0.2) is 53.6 Å². The molecular formula is C17H17N3O3. The maximum atomic E-state index is 11.4. The number of rotatable bonds is 6. The maximum Gasteiger partial charge on any atom is 0.223 e. The van der Waals surface area contributed by atoms with Gasteiger partial charge in [0.2, 0.25) is 5.91 Å². The highest BCUT2D eigenvalue weighted by molar-refractivity contribution is 5.76. The zero-order valence-electron chi connectivity index (χ0n) is 12.5. The molecule has 0 bridgehead atoms. The lowest BCUT2D eigenvalue weighted by Gasteiger charge is -2.09. The highest BCUT2D eigenvalue weighted by Crippen LogP contribution is 2.18. The smallest absolute Gasteiger partial charge is 0.223 e. The van der Waals surface area contributed by atoms with Crippen molar-refractivity contribution in [1.29, 1.82) is 0 Å². The van der Waals surface area contributed by atoms with Gasteiger partial charge < -0.3 is 19.8 Å². The van der Waals surface area contributed by atoms with Crippen LogP contribution >= 0.6 is 0 Å². The van der Waals surface area contributed by atoms with E-state index in [0.29, 0.717) is 13.0 Å². The molecule has 3 N–H and O–H groups in total. The summed E-state index contributed by atoms with van der Waals surface area (Å²) >= 11 is 0. The Morgan fingerprint density at radius 1 is 1.30 bits per heavy atom. The molecule has 2 heterocycles. The molecule has 0 fully saturated rings. The number of imidazole rings is 1. The molecule has 0 atom stereocenters. The first-order chi connectivity index (χ1) is 11.1. The van der Waals surface area contributed by atoms with E-state index >= 15 is 0 Å². The number of amides is 1. The van der Waals surface area contributed by atoms with E-state index in [9.17, 15) is 9.90 Å². The van der Waals surface area contributed by atoms with Gasteiger partial charge in [-0.2, -0.15) is 0 Å². The molecule has 118 valence electrons. The molecule has 23 heavy (non-hydrogen) atoms. The molecule has 0 unspecified atom stereocenters. The summed E-state index contributed by atoms with van der Waals surface area (Å²) in [5.41, 5.74) is 8.85. The Kier molecular flexibility index (Phi) is 4.14. The second-order valence-electron chi connectivity index (χ2n) is 5.39. The summed E-state index contributed by atoms with van der Waals surface area (Å²) in [5, 5.41) is 9.57. The summed E-state index contributed by atoms with van der Waals surface area (Å²) in [6.45, 7) is 0.509. The van der Waals surface area contributed by atoms with Crippen LogP contribution < -0.4 is 5.73 Å². The van der Waals surface area contributed by atoms with Gasteiger partial charge in [0.05, 0.1) is 36.7 Å². The number of carbonyl (C=O) groups is 1. The van der Waals surface area contributed by atoms with Crippen LogP contribution in [-0.4, -0.2) is 20.6 Å². The van der Waals surface area contributed by atoms with Gasteiger partial charge in [-0.3, -0.25) is 4.79 Å². The topological polar surface area (TPSA) is 94.3 Å². The fourth-order valence-corrected chi connectivity index (χ4v) is 2.54. The first-order valence-electron chi connectivity index (χ1n) is 7.22. The van der Waals surface area contributed by atoms with E-state index in [1.54, 1.807) is 37.1 Å². The minimum Gasteiger partial charge on any atom is -0.508 e. The minimum atomic E-state index is -0.406. The Morgan fingerprint density at radius 3 is 2.87 bits per heavy atom. The number of phenols is 1. The highest BCUT2D eigenvalue weighted by atomic mass is 16.3. The molecule has 3 aromatic rings. The third-order valence-corrected chi connectivity index (χ3v) is 3.59. The van der Waals surface area contributed by atoms with Crippen LogP contribution in [0.25, 0.3) is 0 Å². The van der Waals surface area contributed by atoms with E-state index in [0.717, 1.165) is 22.5 Å². The molecule has 0 saturated carbocycles. The monoisotopic (exact) mass is 311 g/mol. The zero-order chi connectivity index (χ0) is 16.2. The largest absolute Gasteiger partial charge is 0.508 e. The van der Waals surface area contributed by atoms with Crippen LogP contribution in [0.3, 0.4) is 0 Å². The quantitative estimate of drug-likeness (QED) is 0.726. The highest BCUT2D eigenvalue weighted by Gasteiger charge is 2.14. The molecule has 6 heteroatoms. The average Bonchev–Trinajstić information content (AvgIpc) is 3.12. The Balaban J connectivity index is 1.89. The van der Waals surface area contributed by atoms with Gasteiger partial charge >= 0.3 is 0 Å². The number of nitrogens with two attached hydrogens (primary N) is 1. The van der Waals surface area contributed by atoms with Crippen LogP contribution in [0.4, 0.5) is 0 Å².